The van der Waals surface area contributed by atoms with Crippen molar-refractivity contribution in [3.63, 3.8) is 0 Å². The molecule has 0 radical (unpaired) electrons. The van der Waals surface area contributed by atoms with Gasteiger partial charge < -0.3 is 120 Å². The number of aromatic hydroxyl groups is 6. The van der Waals surface area contributed by atoms with Crippen LogP contribution in [0.5, 0.6) is 51.7 Å². The molecule has 7 unspecified atom stereocenters. The van der Waals surface area contributed by atoms with Crippen molar-refractivity contribution in [3.8, 4) is 63.1 Å². The first-order chi connectivity index (χ1) is 37.1. The summed E-state index contributed by atoms with van der Waals surface area (Å²) in [7, 11) is 0. The molecule has 1 aromatic heterocycles. The lowest BCUT2D eigenvalue weighted by molar-refractivity contribution is -0.278. The summed E-state index contributed by atoms with van der Waals surface area (Å²) in [4.78, 5) is 25.2. The molecule has 78 heavy (non-hydrogen) atoms. The molecule has 4 heterocycles. The van der Waals surface area contributed by atoms with E-state index in [1.165, 1.54) is 48.6 Å². The molecule has 418 valence electrons. The third-order valence-electron chi connectivity index (χ3n) is 12.5. The van der Waals surface area contributed by atoms with Gasteiger partial charge in [-0.15, -0.1) is 0 Å². The molecule has 3 aliphatic heterocycles. The van der Waals surface area contributed by atoms with E-state index < -0.39 is 170 Å². The maximum absolute atomic E-state index is 12.6. The van der Waals surface area contributed by atoms with Gasteiger partial charge in [0.2, 0.25) is 24.6 Å². The SMILES string of the molecule is O=C(C=Cc1ccc(O)c(O)c1)OCC1O[C@@H](Oc2cc(-c3[o+]c4cc(O)cc(O[C@@H]5OC(COC(=O)C=Cc6ccc(O)c(O)c6)[C@@H](O)[C@H](O)C5O)c4cc3O[C@@H]3OC(CO)[C@@H](O)C(O)C3O)ccc2O)C(O)[C@@H](O)[C@@H]1O. The molecule has 8 rings (SSSR count). The third-order valence-corrected chi connectivity index (χ3v) is 12.5. The fourth-order valence-electron chi connectivity index (χ4n) is 8.19. The van der Waals surface area contributed by atoms with E-state index >= 15 is 0 Å². The standard InChI is InChI=1S/C51H52O27/c52-17-34-39(61)42(64)45(67)51(76-34)75-33-16-24-30(14-23(53)15-31(24)73-49-46(68)43(65)40(62)35(77-49)18-70-37(59)9-3-20-1-6-25(54)28(57)11-20)72-48(33)22-5-8-27(56)32(13-22)74-50-47(69)44(66)41(63)36(78-50)19-71-38(60)10-4-21-2-7-26(55)29(58)12-21/h1-16,34-36,39-47,49-52,61-69H,17-19H2,(H5-,53,54,55,56,57,58,59,60)/p+1/t34?,35?,36?,39-,40-,41-,42?,43+,44+,45?,46?,47?,49-,50-,51-/m1/s1. The van der Waals surface area contributed by atoms with Crippen molar-refractivity contribution in [2.24, 2.45) is 0 Å². The minimum Gasteiger partial charge on any atom is -0.507 e. The van der Waals surface area contributed by atoms with Gasteiger partial charge in [0.25, 0.3) is 0 Å². The second kappa shape index (κ2) is 24.0. The summed E-state index contributed by atoms with van der Waals surface area (Å²) >= 11 is 0. The number of ether oxygens (including phenoxy) is 8. The number of rotatable bonds is 16. The van der Waals surface area contributed by atoms with Gasteiger partial charge in [-0.1, -0.05) is 12.1 Å². The van der Waals surface area contributed by atoms with Crippen molar-refractivity contribution in [2.75, 3.05) is 19.8 Å². The van der Waals surface area contributed by atoms with Crippen LogP contribution in [0.4, 0.5) is 0 Å². The lowest BCUT2D eigenvalue weighted by Crippen LogP contribution is -2.60. The van der Waals surface area contributed by atoms with E-state index in [-0.39, 0.29) is 28.0 Å². The molecule has 15 atom stereocenters. The number of carbonyl (C=O) groups is 2. The highest BCUT2D eigenvalue weighted by Crippen LogP contribution is 2.44. The zero-order chi connectivity index (χ0) is 56.3. The molecule has 0 amide bonds. The topological polar surface area (TPSA) is 443 Å². The van der Waals surface area contributed by atoms with Gasteiger partial charge in [-0.3, -0.25) is 0 Å². The number of carbonyl (C=O) groups excluding carboxylic acids is 2. The monoisotopic (exact) mass is 1100 g/mol. The van der Waals surface area contributed by atoms with Crippen LogP contribution in [0.1, 0.15) is 11.1 Å². The Kier molecular flexibility index (Phi) is 17.4. The lowest BCUT2D eigenvalue weighted by atomic mass is 9.99. The molecule has 3 fully saturated rings. The average Bonchev–Trinajstić information content (AvgIpc) is 3.54. The van der Waals surface area contributed by atoms with Gasteiger partial charge in [0.15, 0.2) is 34.5 Å². The number of hydrogen-bond acceptors (Lipinski definition) is 26. The normalized spacial score (nSPS) is 29.3. The second-order valence-corrected chi connectivity index (χ2v) is 18.0. The molecule has 3 aliphatic rings. The minimum atomic E-state index is -2.01. The van der Waals surface area contributed by atoms with E-state index in [0.717, 1.165) is 48.6 Å². The van der Waals surface area contributed by atoms with Crippen molar-refractivity contribution in [3.05, 3.63) is 96.1 Å². The van der Waals surface area contributed by atoms with E-state index in [1.54, 1.807) is 0 Å². The Morgan fingerprint density at radius 1 is 0.474 bits per heavy atom. The van der Waals surface area contributed by atoms with Crippen molar-refractivity contribution >= 4 is 35.1 Å². The first-order valence-corrected chi connectivity index (χ1v) is 23.5. The molecule has 16 N–H and O–H groups in total. The lowest BCUT2D eigenvalue weighted by Gasteiger charge is -2.40. The fourth-order valence-corrected chi connectivity index (χ4v) is 8.19. The van der Waals surface area contributed by atoms with Crippen LogP contribution < -0.4 is 14.2 Å². The van der Waals surface area contributed by atoms with Gasteiger partial charge in [0.1, 0.15) is 103 Å². The molecule has 3 saturated heterocycles. The summed E-state index contributed by atoms with van der Waals surface area (Å²) in [6, 6.07) is 14.1. The number of aliphatic hydroxyl groups excluding tert-OH is 10. The van der Waals surface area contributed by atoms with Gasteiger partial charge >= 0.3 is 23.3 Å². The summed E-state index contributed by atoms with van der Waals surface area (Å²) in [5.74, 6) is -6.47. The van der Waals surface area contributed by atoms with E-state index in [9.17, 15) is 91.3 Å². The van der Waals surface area contributed by atoms with Gasteiger partial charge in [-0.25, -0.2) is 14.0 Å². The van der Waals surface area contributed by atoms with Crippen LogP contribution in [0.2, 0.25) is 0 Å². The number of benzene rings is 4. The van der Waals surface area contributed by atoms with Crippen LogP contribution in [-0.2, 0) is 33.3 Å². The maximum Gasteiger partial charge on any atom is 0.402 e. The summed E-state index contributed by atoms with van der Waals surface area (Å²) in [6.45, 7) is -2.30. The van der Waals surface area contributed by atoms with E-state index in [2.05, 4.69) is 0 Å². The Bertz CT molecular complexity index is 3020. The summed E-state index contributed by atoms with van der Waals surface area (Å²) in [6.07, 6.45) is -23.4. The number of phenolic OH excluding ortho intramolecular Hbond substituents is 6. The van der Waals surface area contributed by atoms with Gasteiger partial charge in [-0.05, 0) is 59.7 Å². The molecular formula is C51H53O27+. The molecule has 0 saturated carbocycles. The Morgan fingerprint density at radius 2 is 0.923 bits per heavy atom. The Balaban J connectivity index is 1.06. The summed E-state index contributed by atoms with van der Waals surface area (Å²) in [5.41, 5.74) is 0.267. The smallest absolute Gasteiger partial charge is 0.402 e. The Labute approximate surface area is 438 Å². The third kappa shape index (κ3) is 12.5. The zero-order valence-corrected chi connectivity index (χ0v) is 40.2. The first kappa shape index (κ1) is 56.6. The highest BCUT2D eigenvalue weighted by atomic mass is 16.7. The fraction of sp³-hybridized carbons (Fsp3) is 0.353. The highest BCUT2D eigenvalue weighted by Gasteiger charge is 2.49. The zero-order valence-electron chi connectivity index (χ0n) is 40.2. The van der Waals surface area contributed by atoms with Crippen LogP contribution in [0.25, 0.3) is 34.4 Å². The minimum absolute atomic E-state index is 0.0863. The van der Waals surface area contributed by atoms with Crippen molar-refractivity contribution in [2.45, 2.75) is 92.1 Å². The summed E-state index contributed by atoms with van der Waals surface area (Å²) in [5, 5.41) is 168. The molecule has 27 nitrogen and oxygen atoms in total. The van der Waals surface area contributed by atoms with Crippen molar-refractivity contribution in [1.82, 2.24) is 0 Å². The predicted octanol–water partition coefficient (Wildman–Crippen LogP) is -1.32. The Morgan fingerprint density at radius 3 is 1.41 bits per heavy atom. The molecule has 0 bridgehead atoms. The van der Waals surface area contributed by atoms with Gasteiger partial charge in [0.05, 0.1) is 18.2 Å². The quantitative estimate of drug-likeness (QED) is 0.0236. The van der Waals surface area contributed by atoms with Crippen LogP contribution in [0, 0.1) is 0 Å². The highest BCUT2D eigenvalue weighted by molar-refractivity contribution is 5.89. The number of phenols is 6. The van der Waals surface area contributed by atoms with Crippen LogP contribution in [0.15, 0.2) is 89.4 Å². The number of aliphatic hydroxyl groups is 10. The van der Waals surface area contributed by atoms with Crippen molar-refractivity contribution in [1.29, 1.82) is 0 Å². The van der Waals surface area contributed by atoms with Gasteiger partial charge in [-0.2, -0.15) is 0 Å². The molecule has 0 aliphatic carbocycles. The number of esters is 2. The van der Waals surface area contributed by atoms with E-state index in [1.807, 2.05) is 0 Å². The largest absolute Gasteiger partial charge is 0.507 e. The van der Waals surface area contributed by atoms with E-state index in [0.29, 0.717) is 11.1 Å². The molecular weight excluding hydrogens is 1040 g/mol. The number of hydrogen-bond donors (Lipinski definition) is 16. The molecule has 5 aromatic rings. The Hall–Kier alpha value is -7.61. The molecule has 0 spiro atoms. The molecule has 4 aromatic carbocycles. The summed E-state index contributed by atoms with van der Waals surface area (Å²) < 4.78 is 51.4. The van der Waals surface area contributed by atoms with Crippen LogP contribution in [-0.4, -0.2) is 206 Å². The van der Waals surface area contributed by atoms with Crippen LogP contribution >= 0.6 is 0 Å². The number of fused-ring (bicyclic) bond motifs is 1. The predicted molar refractivity (Wildman–Crippen MR) is 258 cm³/mol. The average molecular weight is 1100 g/mol. The molecule has 27 heteroatoms. The van der Waals surface area contributed by atoms with Crippen LogP contribution in [0.3, 0.4) is 0 Å². The van der Waals surface area contributed by atoms with Gasteiger partial charge in [0, 0.05) is 30.4 Å². The van der Waals surface area contributed by atoms with E-state index in [4.69, 9.17) is 42.3 Å². The van der Waals surface area contributed by atoms with Crippen molar-refractivity contribution < 1.29 is 134 Å². The maximum atomic E-state index is 12.6. The second-order valence-electron chi connectivity index (χ2n) is 18.0. The first-order valence-electron chi connectivity index (χ1n) is 23.5.